The Morgan fingerprint density at radius 1 is 1.33 bits per heavy atom. The van der Waals surface area contributed by atoms with E-state index in [2.05, 4.69) is 12.2 Å². The van der Waals surface area contributed by atoms with Crippen LogP contribution in [-0.4, -0.2) is 13.7 Å². The number of benzene rings is 1. The Balaban J connectivity index is 1.83. The standard InChI is InChI=1S/C18H26FNO/c1-3-8-20-18(15-10-12-4-5-13(15)9-12)14-6-7-17(21-2)16(19)11-14/h6-7,11-13,15,18,20H,3-5,8-10H2,1-2H3. The average Bonchev–Trinajstić information content (AvgIpc) is 3.11. The van der Waals surface area contributed by atoms with E-state index in [1.807, 2.05) is 6.07 Å². The Kier molecular flexibility index (Phi) is 4.48. The lowest BCUT2D eigenvalue weighted by Crippen LogP contribution is -2.32. The van der Waals surface area contributed by atoms with Crippen molar-refractivity contribution in [2.45, 2.75) is 45.1 Å². The molecule has 0 aromatic heterocycles. The van der Waals surface area contributed by atoms with Gasteiger partial charge in [0.25, 0.3) is 0 Å². The third-order valence-corrected chi connectivity index (χ3v) is 5.37. The number of fused-ring (bicyclic) bond motifs is 2. The van der Waals surface area contributed by atoms with E-state index in [0.29, 0.717) is 17.7 Å². The molecule has 2 aliphatic rings. The molecule has 0 saturated heterocycles. The minimum absolute atomic E-state index is 0.249. The zero-order valence-corrected chi connectivity index (χ0v) is 13.1. The van der Waals surface area contributed by atoms with Crippen molar-refractivity contribution in [3.8, 4) is 5.75 Å². The first kappa shape index (κ1) is 14.8. The van der Waals surface area contributed by atoms with E-state index in [0.717, 1.165) is 30.4 Å². The SMILES string of the molecule is CCCNC(c1ccc(OC)c(F)c1)C1CC2CCC1C2. The molecule has 3 rings (SSSR count). The van der Waals surface area contributed by atoms with E-state index in [4.69, 9.17) is 4.74 Å². The maximum absolute atomic E-state index is 14.1. The van der Waals surface area contributed by atoms with Crippen molar-refractivity contribution in [2.75, 3.05) is 13.7 Å². The van der Waals surface area contributed by atoms with Crippen LogP contribution < -0.4 is 10.1 Å². The molecule has 4 atom stereocenters. The highest BCUT2D eigenvalue weighted by atomic mass is 19.1. The molecule has 116 valence electrons. The van der Waals surface area contributed by atoms with Gasteiger partial charge in [-0.05, 0) is 67.7 Å². The molecule has 4 unspecified atom stereocenters. The van der Waals surface area contributed by atoms with Crippen LogP contribution in [0.25, 0.3) is 0 Å². The molecule has 3 heteroatoms. The normalized spacial score (nSPS) is 28.8. The minimum Gasteiger partial charge on any atom is -0.494 e. The molecule has 0 radical (unpaired) electrons. The first-order valence-corrected chi connectivity index (χ1v) is 8.29. The second-order valence-electron chi connectivity index (χ2n) is 6.66. The molecule has 1 N–H and O–H groups in total. The third-order valence-electron chi connectivity index (χ3n) is 5.37. The van der Waals surface area contributed by atoms with Crippen molar-refractivity contribution in [1.82, 2.24) is 5.32 Å². The maximum Gasteiger partial charge on any atom is 0.165 e. The summed E-state index contributed by atoms with van der Waals surface area (Å²) in [6, 6.07) is 5.75. The van der Waals surface area contributed by atoms with Crippen LogP contribution in [0.2, 0.25) is 0 Å². The van der Waals surface area contributed by atoms with Crippen molar-refractivity contribution < 1.29 is 9.13 Å². The molecule has 0 amide bonds. The molecule has 2 nitrogen and oxygen atoms in total. The van der Waals surface area contributed by atoms with Crippen molar-refractivity contribution in [3.05, 3.63) is 29.6 Å². The Morgan fingerprint density at radius 2 is 2.19 bits per heavy atom. The van der Waals surface area contributed by atoms with Gasteiger partial charge in [-0.25, -0.2) is 4.39 Å². The number of ether oxygens (including phenoxy) is 1. The van der Waals surface area contributed by atoms with Gasteiger partial charge in [0.2, 0.25) is 0 Å². The largest absolute Gasteiger partial charge is 0.494 e. The summed E-state index contributed by atoms with van der Waals surface area (Å²) in [4.78, 5) is 0. The van der Waals surface area contributed by atoms with Crippen molar-refractivity contribution in [1.29, 1.82) is 0 Å². The van der Waals surface area contributed by atoms with Gasteiger partial charge in [-0.3, -0.25) is 0 Å². The van der Waals surface area contributed by atoms with Gasteiger partial charge >= 0.3 is 0 Å². The van der Waals surface area contributed by atoms with Gasteiger partial charge < -0.3 is 10.1 Å². The van der Waals surface area contributed by atoms with Crippen LogP contribution >= 0.6 is 0 Å². The fourth-order valence-corrected chi connectivity index (χ4v) is 4.39. The first-order valence-electron chi connectivity index (χ1n) is 8.29. The summed E-state index contributed by atoms with van der Waals surface area (Å²) in [6.45, 7) is 3.17. The number of methoxy groups -OCH3 is 1. The summed E-state index contributed by atoms with van der Waals surface area (Å²) in [6.07, 6.45) is 6.56. The zero-order valence-electron chi connectivity index (χ0n) is 13.1. The van der Waals surface area contributed by atoms with E-state index in [1.54, 1.807) is 12.1 Å². The predicted octanol–water partition coefficient (Wildman–Crippen LogP) is 4.31. The topological polar surface area (TPSA) is 21.3 Å². The van der Waals surface area contributed by atoms with E-state index >= 15 is 0 Å². The molecule has 0 spiro atoms. The highest BCUT2D eigenvalue weighted by Gasteiger charge is 2.43. The molecule has 2 bridgehead atoms. The fourth-order valence-electron chi connectivity index (χ4n) is 4.39. The number of hydrogen-bond acceptors (Lipinski definition) is 2. The highest BCUT2D eigenvalue weighted by Crippen LogP contribution is 2.52. The van der Waals surface area contributed by atoms with E-state index in [9.17, 15) is 4.39 Å². The number of halogens is 1. The number of nitrogens with one attached hydrogen (secondary N) is 1. The summed E-state index contributed by atoms with van der Waals surface area (Å²) >= 11 is 0. The zero-order chi connectivity index (χ0) is 14.8. The first-order chi connectivity index (χ1) is 10.2. The smallest absolute Gasteiger partial charge is 0.165 e. The Labute approximate surface area is 127 Å². The molecular formula is C18H26FNO. The van der Waals surface area contributed by atoms with E-state index in [1.165, 1.54) is 32.8 Å². The van der Waals surface area contributed by atoms with Crippen LogP contribution in [0.4, 0.5) is 4.39 Å². The van der Waals surface area contributed by atoms with Crippen LogP contribution in [-0.2, 0) is 0 Å². The van der Waals surface area contributed by atoms with Crippen LogP contribution in [0.15, 0.2) is 18.2 Å². The van der Waals surface area contributed by atoms with E-state index in [-0.39, 0.29) is 5.82 Å². The van der Waals surface area contributed by atoms with Gasteiger partial charge in [-0.2, -0.15) is 0 Å². The molecule has 2 saturated carbocycles. The van der Waals surface area contributed by atoms with Gasteiger partial charge in [-0.15, -0.1) is 0 Å². The van der Waals surface area contributed by atoms with Crippen LogP contribution in [0, 0.1) is 23.6 Å². The maximum atomic E-state index is 14.1. The molecule has 1 aromatic rings. The fraction of sp³-hybridized carbons (Fsp3) is 0.667. The van der Waals surface area contributed by atoms with Gasteiger partial charge in [0.05, 0.1) is 7.11 Å². The molecule has 0 aliphatic heterocycles. The lowest BCUT2D eigenvalue weighted by atomic mass is 9.80. The lowest BCUT2D eigenvalue weighted by molar-refractivity contribution is 0.250. The van der Waals surface area contributed by atoms with Crippen molar-refractivity contribution >= 4 is 0 Å². The molecule has 0 heterocycles. The molecule has 2 aliphatic carbocycles. The van der Waals surface area contributed by atoms with Crippen molar-refractivity contribution in [2.24, 2.45) is 17.8 Å². The average molecular weight is 291 g/mol. The third kappa shape index (κ3) is 2.94. The highest BCUT2D eigenvalue weighted by molar-refractivity contribution is 5.31. The monoisotopic (exact) mass is 291 g/mol. The lowest BCUT2D eigenvalue weighted by Gasteiger charge is -2.32. The Hall–Kier alpha value is -1.09. The summed E-state index contributed by atoms with van der Waals surface area (Å²) in [5.74, 6) is 2.49. The van der Waals surface area contributed by atoms with Gasteiger partial charge in [0.15, 0.2) is 11.6 Å². The van der Waals surface area contributed by atoms with Gasteiger partial charge in [0.1, 0.15) is 0 Å². The second kappa shape index (κ2) is 6.35. The second-order valence-corrected chi connectivity index (χ2v) is 6.66. The quantitative estimate of drug-likeness (QED) is 0.843. The summed E-state index contributed by atoms with van der Waals surface area (Å²) in [5, 5.41) is 3.67. The van der Waals surface area contributed by atoms with Crippen LogP contribution in [0.5, 0.6) is 5.75 Å². The predicted molar refractivity (Wildman–Crippen MR) is 82.9 cm³/mol. The number of rotatable bonds is 6. The summed E-state index contributed by atoms with van der Waals surface area (Å²) < 4.78 is 19.1. The minimum atomic E-state index is -0.249. The molecule has 1 aromatic carbocycles. The van der Waals surface area contributed by atoms with Crippen LogP contribution in [0.3, 0.4) is 0 Å². The summed E-state index contributed by atoms with van der Waals surface area (Å²) in [5.41, 5.74) is 1.08. The summed E-state index contributed by atoms with van der Waals surface area (Å²) in [7, 11) is 1.51. The van der Waals surface area contributed by atoms with Crippen LogP contribution in [0.1, 0.15) is 50.6 Å². The van der Waals surface area contributed by atoms with Gasteiger partial charge in [-0.1, -0.05) is 19.4 Å². The molecule has 2 fully saturated rings. The number of hydrogen-bond donors (Lipinski definition) is 1. The van der Waals surface area contributed by atoms with Crippen molar-refractivity contribution in [3.63, 3.8) is 0 Å². The Bertz CT molecular complexity index is 490. The molecule has 21 heavy (non-hydrogen) atoms. The van der Waals surface area contributed by atoms with E-state index < -0.39 is 0 Å². The molecular weight excluding hydrogens is 265 g/mol. The Morgan fingerprint density at radius 3 is 2.76 bits per heavy atom. The van der Waals surface area contributed by atoms with Gasteiger partial charge in [0, 0.05) is 6.04 Å².